The fourth-order valence-electron chi connectivity index (χ4n) is 12.1. The van der Waals surface area contributed by atoms with Crippen LogP contribution in [0.4, 0.5) is 0 Å². The Kier molecular flexibility index (Phi) is 68.1. The number of hydrogen-bond acceptors (Lipinski definition) is 15. The van der Waals surface area contributed by atoms with Gasteiger partial charge in [0.25, 0.3) is 0 Å². The lowest BCUT2D eigenvalue weighted by Gasteiger charge is -2.21. The van der Waals surface area contributed by atoms with Gasteiger partial charge in [-0.05, 0) is 43.4 Å². The van der Waals surface area contributed by atoms with Gasteiger partial charge in [-0.25, -0.2) is 9.13 Å². The minimum Gasteiger partial charge on any atom is -0.462 e. The number of phosphoric acid groups is 2. The molecule has 0 rings (SSSR count). The van der Waals surface area contributed by atoms with E-state index in [9.17, 15) is 43.2 Å². The quantitative estimate of drug-likeness (QED) is 0.0222. The highest BCUT2D eigenvalue weighted by Gasteiger charge is 2.30. The summed E-state index contributed by atoms with van der Waals surface area (Å²) in [6.45, 7) is 11.9. The summed E-state index contributed by atoms with van der Waals surface area (Å²) in [7, 11) is -9.92. The number of ether oxygens (including phenoxy) is 4. The van der Waals surface area contributed by atoms with E-state index in [0.29, 0.717) is 31.6 Å². The fourth-order valence-corrected chi connectivity index (χ4v) is 13.7. The number of esters is 4. The van der Waals surface area contributed by atoms with Gasteiger partial charge in [-0.1, -0.05) is 357 Å². The maximum Gasteiger partial charge on any atom is 0.472 e. The molecule has 0 radical (unpaired) electrons. The van der Waals surface area contributed by atoms with Crippen LogP contribution in [-0.4, -0.2) is 96.7 Å². The lowest BCUT2D eigenvalue weighted by atomic mass is 9.99. The summed E-state index contributed by atoms with van der Waals surface area (Å²) in [5.41, 5.74) is 0. The van der Waals surface area contributed by atoms with Gasteiger partial charge in [-0.2, -0.15) is 0 Å². The molecule has 98 heavy (non-hydrogen) atoms. The molecule has 6 atom stereocenters. The van der Waals surface area contributed by atoms with Crippen LogP contribution < -0.4 is 0 Å². The molecule has 0 aromatic rings. The van der Waals surface area contributed by atoms with Crippen LogP contribution in [0.25, 0.3) is 0 Å². The van der Waals surface area contributed by atoms with E-state index in [1.807, 2.05) is 0 Å². The smallest absolute Gasteiger partial charge is 0.462 e. The van der Waals surface area contributed by atoms with Gasteiger partial charge >= 0.3 is 39.5 Å². The monoisotopic (exact) mass is 1440 g/mol. The maximum atomic E-state index is 13.1. The van der Waals surface area contributed by atoms with Crippen molar-refractivity contribution in [2.75, 3.05) is 39.6 Å². The van der Waals surface area contributed by atoms with Crippen molar-refractivity contribution < 1.29 is 80.2 Å². The Balaban J connectivity index is 5.25. The zero-order chi connectivity index (χ0) is 72.3. The first-order valence-corrected chi connectivity index (χ1v) is 43.9. The largest absolute Gasteiger partial charge is 0.472 e. The molecule has 0 fully saturated rings. The third-order valence-electron chi connectivity index (χ3n) is 18.7. The Hall–Kier alpha value is -1.94. The van der Waals surface area contributed by atoms with E-state index in [-0.39, 0.29) is 25.7 Å². The Morgan fingerprint density at radius 3 is 0.776 bits per heavy atom. The van der Waals surface area contributed by atoms with E-state index in [1.54, 1.807) is 0 Å². The molecule has 3 unspecified atom stereocenters. The van der Waals surface area contributed by atoms with Crippen molar-refractivity contribution in [3.63, 3.8) is 0 Å². The molecule has 19 heteroatoms. The summed E-state index contributed by atoms with van der Waals surface area (Å²) in [5, 5.41) is 10.6. The van der Waals surface area contributed by atoms with Crippen molar-refractivity contribution in [3.8, 4) is 0 Å². The first-order valence-electron chi connectivity index (χ1n) is 40.9. The first-order chi connectivity index (χ1) is 47.3. The number of hydrogen-bond donors (Lipinski definition) is 3. The molecule has 582 valence electrons. The number of aliphatic hydroxyl groups excluding tert-OH is 1. The van der Waals surface area contributed by atoms with E-state index >= 15 is 0 Å². The Bertz CT molecular complexity index is 1910. The van der Waals surface area contributed by atoms with Gasteiger partial charge in [0, 0.05) is 25.7 Å². The van der Waals surface area contributed by atoms with Crippen molar-refractivity contribution in [1.82, 2.24) is 0 Å². The summed E-state index contributed by atoms with van der Waals surface area (Å²) in [5.74, 6) is 0.203. The molecule has 0 amide bonds. The predicted molar refractivity (Wildman–Crippen MR) is 400 cm³/mol. The van der Waals surface area contributed by atoms with Gasteiger partial charge in [0.05, 0.1) is 26.4 Å². The van der Waals surface area contributed by atoms with Gasteiger partial charge in [-0.15, -0.1) is 0 Å². The lowest BCUT2D eigenvalue weighted by molar-refractivity contribution is -0.161. The van der Waals surface area contributed by atoms with Gasteiger partial charge in [0.2, 0.25) is 0 Å². The zero-order valence-corrected chi connectivity index (χ0v) is 66.0. The van der Waals surface area contributed by atoms with Crippen LogP contribution in [-0.2, 0) is 65.4 Å². The second-order valence-corrected chi connectivity index (χ2v) is 32.6. The summed E-state index contributed by atoms with van der Waals surface area (Å²) < 4.78 is 68.6. The van der Waals surface area contributed by atoms with Gasteiger partial charge < -0.3 is 33.8 Å². The number of phosphoric ester groups is 2. The first kappa shape index (κ1) is 96.1. The molecule has 3 N–H and O–H groups in total. The summed E-state index contributed by atoms with van der Waals surface area (Å²) in [6, 6.07) is 0. The minimum absolute atomic E-state index is 0.105. The SMILES string of the molecule is CCCCCCCCCCCCCCCCCC(=O)OC[C@H](COP(=O)(O)OC[C@@H](O)COP(=O)(O)OC[C@@H](COC(=O)CCCCCCCCCC(C)C)OC(=O)CCCCCCCCCCCCC(C)CC)OC(=O)CCCCCCCCCCCCCCCCCCC(C)C. The second-order valence-electron chi connectivity index (χ2n) is 29.6. The molecular formula is C79H154O17P2. The zero-order valence-electron chi connectivity index (χ0n) is 64.3. The molecule has 0 spiro atoms. The number of rotatable bonds is 77. The Labute approximate surface area is 600 Å². The maximum absolute atomic E-state index is 13.1. The summed E-state index contributed by atoms with van der Waals surface area (Å²) >= 11 is 0. The summed E-state index contributed by atoms with van der Waals surface area (Å²) in [4.78, 5) is 72.9. The highest BCUT2D eigenvalue weighted by atomic mass is 31.2. The van der Waals surface area contributed by atoms with Crippen LogP contribution in [0.15, 0.2) is 0 Å². The number of aliphatic hydroxyl groups is 1. The van der Waals surface area contributed by atoms with Gasteiger partial charge in [0.1, 0.15) is 19.3 Å². The predicted octanol–water partition coefficient (Wildman–Crippen LogP) is 23.4. The molecular weight excluding hydrogens is 1280 g/mol. The van der Waals surface area contributed by atoms with Crippen LogP contribution in [0, 0.1) is 17.8 Å². The van der Waals surface area contributed by atoms with Gasteiger partial charge in [0.15, 0.2) is 12.2 Å². The molecule has 0 aliphatic heterocycles. The minimum atomic E-state index is -4.96. The van der Waals surface area contributed by atoms with E-state index in [2.05, 4.69) is 48.5 Å². The third-order valence-corrected chi connectivity index (χ3v) is 20.6. The molecule has 0 aromatic heterocycles. The highest BCUT2D eigenvalue weighted by molar-refractivity contribution is 7.47. The molecule has 0 bridgehead atoms. The molecule has 0 aliphatic rings. The van der Waals surface area contributed by atoms with Crippen molar-refractivity contribution in [3.05, 3.63) is 0 Å². The van der Waals surface area contributed by atoms with Crippen LogP contribution in [0.1, 0.15) is 408 Å². The second kappa shape index (κ2) is 69.4. The molecule has 17 nitrogen and oxygen atoms in total. The molecule has 0 aromatic carbocycles. The number of carbonyl (C=O) groups is 4. The van der Waals surface area contributed by atoms with Crippen molar-refractivity contribution in [2.24, 2.45) is 17.8 Å². The van der Waals surface area contributed by atoms with E-state index in [1.165, 1.54) is 212 Å². The molecule has 0 aliphatic carbocycles. The van der Waals surface area contributed by atoms with E-state index < -0.39 is 97.5 Å². The van der Waals surface area contributed by atoms with Crippen molar-refractivity contribution in [1.29, 1.82) is 0 Å². The van der Waals surface area contributed by atoms with E-state index in [0.717, 1.165) is 108 Å². The summed E-state index contributed by atoms with van der Waals surface area (Å²) in [6.07, 6.45) is 56.9. The number of carbonyl (C=O) groups excluding carboxylic acids is 4. The normalized spacial score (nSPS) is 14.3. The van der Waals surface area contributed by atoms with Crippen LogP contribution in [0.2, 0.25) is 0 Å². The average Bonchev–Trinajstić information content (AvgIpc) is 0.974. The average molecular weight is 1440 g/mol. The van der Waals surface area contributed by atoms with Crippen molar-refractivity contribution >= 4 is 39.5 Å². The van der Waals surface area contributed by atoms with Crippen molar-refractivity contribution in [2.45, 2.75) is 426 Å². The molecule has 0 saturated heterocycles. The third kappa shape index (κ3) is 71.1. The molecule has 0 saturated carbocycles. The Morgan fingerprint density at radius 1 is 0.296 bits per heavy atom. The standard InChI is InChI=1S/C79H154O17P2/c1-8-10-11-12-13-14-15-16-19-23-26-32-39-46-53-60-76(81)89-66-74(95-78(83)62-55-48-40-33-27-24-21-18-17-20-22-25-30-36-43-50-57-70(3)4)68-93-97(85,86)91-64-73(80)65-92-98(87,88)94-69-75(67-90-77(82)61-54-47-42-35-37-44-51-58-71(5)6)96-79(84)63-56-49-41-34-29-28-31-38-45-52-59-72(7)9-2/h70-75,80H,8-69H2,1-7H3,(H,85,86)(H,87,88)/t72?,73-,74-,75-/m1/s1. The van der Waals surface area contributed by atoms with Crippen LogP contribution in [0.3, 0.4) is 0 Å². The van der Waals surface area contributed by atoms with Gasteiger partial charge in [-0.3, -0.25) is 37.3 Å². The number of unbranched alkanes of at least 4 members (excludes halogenated alkanes) is 44. The van der Waals surface area contributed by atoms with E-state index in [4.69, 9.17) is 37.0 Å². The van der Waals surface area contributed by atoms with Crippen LogP contribution in [0.5, 0.6) is 0 Å². The highest BCUT2D eigenvalue weighted by Crippen LogP contribution is 2.45. The fraction of sp³-hybridized carbons (Fsp3) is 0.949. The van der Waals surface area contributed by atoms with Crippen LogP contribution >= 0.6 is 15.6 Å². The Morgan fingerprint density at radius 2 is 0.520 bits per heavy atom. The topological polar surface area (TPSA) is 237 Å². The molecule has 0 heterocycles. The lowest BCUT2D eigenvalue weighted by Crippen LogP contribution is -2.30.